The molecule has 0 saturated carbocycles. The van der Waals surface area contributed by atoms with Crippen molar-refractivity contribution in [3.8, 4) is 16.9 Å². The number of hydrogen-bond acceptors (Lipinski definition) is 2. The van der Waals surface area contributed by atoms with Gasteiger partial charge in [0.15, 0.2) is 6.29 Å². The maximum atomic E-state index is 11.7. The lowest BCUT2D eigenvalue weighted by Gasteiger charge is -2.08. The molecule has 0 amide bonds. The summed E-state index contributed by atoms with van der Waals surface area (Å²) in [4.78, 5) is 11.7. The van der Waals surface area contributed by atoms with E-state index in [0.29, 0.717) is 5.69 Å². The van der Waals surface area contributed by atoms with Crippen molar-refractivity contribution in [1.29, 1.82) is 0 Å². The number of methoxy groups -OCH3 is 1. The van der Waals surface area contributed by atoms with Crippen LogP contribution in [0.15, 0.2) is 47.1 Å². The number of hydrogen-bond donors (Lipinski definition) is 0. The van der Waals surface area contributed by atoms with Gasteiger partial charge >= 0.3 is 0 Å². The Morgan fingerprint density at radius 3 is 2.68 bits per heavy atom. The van der Waals surface area contributed by atoms with E-state index in [1.165, 1.54) is 5.56 Å². The lowest BCUT2D eigenvalue weighted by atomic mass is 10.1. The maximum Gasteiger partial charge on any atom is 0.167 e. The number of aldehydes is 1. The molecule has 0 bridgehead atoms. The van der Waals surface area contributed by atoms with Crippen LogP contribution in [0, 0.1) is 0 Å². The van der Waals surface area contributed by atoms with Gasteiger partial charge in [0.05, 0.1) is 12.8 Å². The van der Waals surface area contributed by atoms with Gasteiger partial charge in [-0.1, -0.05) is 28.9 Å². The molecule has 22 heavy (non-hydrogen) atoms. The van der Waals surface area contributed by atoms with Gasteiger partial charge in [-0.15, -0.1) is 0 Å². The molecule has 0 radical (unpaired) electrons. The fourth-order valence-electron chi connectivity index (χ4n) is 2.67. The quantitative estimate of drug-likeness (QED) is 0.630. The molecular formula is C18H16BrNO2. The van der Waals surface area contributed by atoms with Crippen molar-refractivity contribution in [2.24, 2.45) is 0 Å². The van der Waals surface area contributed by atoms with E-state index in [9.17, 15) is 4.79 Å². The molecule has 0 aliphatic heterocycles. The van der Waals surface area contributed by atoms with Crippen LogP contribution in [0.4, 0.5) is 0 Å². The minimum Gasteiger partial charge on any atom is -0.496 e. The number of aryl methyl sites for hydroxylation is 1. The molecule has 0 saturated heterocycles. The van der Waals surface area contributed by atoms with E-state index in [0.717, 1.165) is 39.6 Å². The molecule has 2 aromatic heterocycles. The van der Waals surface area contributed by atoms with E-state index in [1.807, 2.05) is 40.9 Å². The van der Waals surface area contributed by atoms with Gasteiger partial charge in [-0.2, -0.15) is 0 Å². The zero-order chi connectivity index (χ0) is 15.7. The molecule has 1 aromatic carbocycles. The number of ether oxygens (including phenoxy) is 1. The van der Waals surface area contributed by atoms with E-state index in [4.69, 9.17) is 4.74 Å². The van der Waals surface area contributed by atoms with Crippen molar-refractivity contribution in [3.05, 3.63) is 58.3 Å². The molecule has 2 heterocycles. The van der Waals surface area contributed by atoms with Crippen molar-refractivity contribution in [1.82, 2.24) is 4.40 Å². The molecule has 3 nitrogen and oxygen atoms in total. The summed E-state index contributed by atoms with van der Waals surface area (Å²) in [5, 5.41) is 0. The third-order valence-electron chi connectivity index (χ3n) is 3.84. The zero-order valence-corrected chi connectivity index (χ0v) is 14.1. The molecule has 112 valence electrons. The smallest absolute Gasteiger partial charge is 0.167 e. The van der Waals surface area contributed by atoms with Crippen LogP contribution < -0.4 is 4.74 Å². The Hall–Kier alpha value is -2.07. The average Bonchev–Trinajstić information content (AvgIpc) is 2.92. The highest BCUT2D eigenvalue weighted by Gasteiger charge is 2.15. The van der Waals surface area contributed by atoms with Crippen LogP contribution in [0.2, 0.25) is 0 Å². The molecule has 3 rings (SSSR count). The Labute approximate surface area is 137 Å². The zero-order valence-electron chi connectivity index (χ0n) is 12.5. The van der Waals surface area contributed by atoms with Crippen LogP contribution in [-0.4, -0.2) is 17.8 Å². The minimum absolute atomic E-state index is 0.640. The first-order valence-electron chi connectivity index (χ1n) is 7.11. The Bertz CT molecular complexity index is 852. The van der Waals surface area contributed by atoms with Crippen LogP contribution in [-0.2, 0) is 6.42 Å². The van der Waals surface area contributed by atoms with Crippen LogP contribution in [0.5, 0.6) is 5.75 Å². The number of pyridine rings is 1. The van der Waals surface area contributed by atoms with Gasteiger partial charge < -0.3 is 9.14 Å². The molecule has 0 unspecified atom stereocenters. The number of nitrogens with zero attached hydrogens (tertiary/aromatic N) is 1. The first kappa shape index (κ1) is 14.9. The predicted molar refractivity (Wildman–Crippen MR) is 91.9 cm³/mol. The fourth-order valence-corrected chi connectivity index (χ4v) is 3.03. The molecular weight excluding hydrogens is 342 g/mol. The summed E-state index contributed by atoms with van der Waals surface area (Å²) in [6, 6.07) is 11.9. The van der Waals surface area contributed by atoms with Crippen molar-refractivity contribution in [2.45, 2.75) is 13.3 Å². The number of halogens is 1. The first-order chi connectivity index (χ1) is 10.7. The largest absolute Gasteiger partial charge is 0.496 e. The molecule has 3 aromatic rings. The van der Waals surface area contributed by atoms with Gasteiger partial charge in [0.2, 0.25) is 0 Å². The van der Waals surface area contributed by atoms with Gasteiger partial charge in [-0.05, 0) is 42.3 Å². The Morgan fingerprint density at radius 1 is 1.18 bits per heavy atom. The summed E-state index contributed by atoms with van der Waals surface area (Å²) < 4.78 is 8.34. The number of rotatable bonds is 4. The number of carbonyl (C=O) groups is 1. The summed E-state index contributed by atoms with van der Waals surface area (Å²) in [7, 11) is 1.64. The summed E-state index contributed by atoms with van der Waals surface area (Å²) in [5.41, 5.74) is 4.61. The number of fused-ring (bicyclic) bond motifs is 1. The minimum atomic E-state index is 0.640. The number of carbonyl (C=O) groups excluding carboxylic acids is 1. The second-order valence-electron chi connectivity index (χ2n) is 5.09. The van der Waals surface area contributed by atoms with Gasteiger partial charge in [0.1, 0.15) is 5.75 Å². The van der Waals surface area contributed by atoms with Crippen molar-refractivity contribution >= 4 is 27.7 Å². The third-order valence-corrected chi connectivity index (χ3v) is 4.33. The second kappa shape index (κ2) is 5.97. The maximum absolute atomic E-state index is 11.7. The Kier molecular flexibility index (Phi) is 4.03. The third kappa shape index (κ3) is 2.44. The van der Waals surface area contributed by atoms with Crippen molar-refractivity contribution < 1.29 is 9.53 Å². The number of benzene rings is 1. The molecule has 0 N–H and O–H groups in total. The summed E-state index contributed by atoms with van der Waals surface area (Å²) in [6.45, 7) is 2.10. The van der Waals surface area contributed by atoms with Gasteiger partial charge in [0.25, 0.3) is 0 Å². The SMILES string of the molecule is CCc1ccc2cc(-c3cc(Br)ccc3OC)c(C=O)n2c1. The van der Waals surface area contributed by atoms with Gasteiger partial charge in [-0.3, -0.25) is 4.79 Å². The second-order valence-corrected chi connectivity index (χ2v) is 6.01. The highest BCUT2D eigenvalue weighted by atomic mass is 79.9. The average molecular weight is 358 g/mol. The Morgan fingerprint density at radius 2 is 2.00 bits per heavy atom. The van der Waals surface area contributed by atoms with Crippen molar-refractivity contribution in [3.63, 3.8) is 0 Å². The van der Waals surface area contributed by atoms with E-state index in [-0.39, 0.29) is 0 Å². The van der Waals surface area contributed by atoms with E-state index >= 15 is 0 Å². The van der Waals surface area contributed by atoms with Crippen LogP contribution in [0.1, 0.15) is 23.0 Å². The monoisotopic (exact) mass is 357 g/mol. The fraction of sp³-hybridized carbons (Fsp3) is 0.167. The molecule has 4 heteroatoms. The predicted octanol–water partition coefficient (Wildman–Crippen LogP) is 4.75. The number of aromatic nitrogens is 1. The highest BCUT2D eigenvalue weighted by Crippen LogP contribution is 2.36. The Balaban J connectivity index is 2.31. The van der Waals surface area contributed by atoms with Crippen LogP contribution >= 0.6 is 15.9 Å². The lowest BCUT2D eigenvalue weighted by Crippen LogP contribution is -1.95. The van der Waals surface area contributed by atoms with Crippen LogP contribution in [0.3, 0.4) is 0 Å². The molecule has 0 aliphatic rings. The van der Waals surface area contributed by atoms with E-state index in [2.05, 4.69) is 28.9 Å². The van der Waals surface area contributed by atoms with Gasteiger partial charge in [-0.25, -0.2) is 0 Å². The topological polar surface area (TPSA) is 30.7 Å². The summed E-state index contributed by atoms with van der Waals surface area (Å²) in [6.07, 6.45) is 3.86. The molecule has 0 spiro atoms. The van der Waals surface area contributed by atoms with E-state index in [1.54, 1.807) is 7.11 Å². The van der Waals surface area contributed by atoms with E-state index < -0.39 is 0 Å². The summed E-state index contributed by atoms with van der Waals surface area (Å²) in [5.74, 6) is 0.748. The molecule has 0 aliphatic carbocycles. The molecule has 0 atom stereocenters. The highest BCUT2D eigenvalue weighted by molar-refractivity contribution is 9.10. The molecule has 0 fully saturated rings. The summed E-state index contributed by atoms with van der Waals surface area (Å²) >= 11 is 3.49. The van der Waals surface area contributed by atoms with Crippen molar-refractivity contribution in [2.75, 3.05) is 7.11 Å². The normalized spacial score (nSPS) is 10.9. The first-order valence-corrected chi connectivity index (χ1v) is 7.90. The lowest BCUT2D eigenvalue weighted by molar-refractivity contribution is 0.111. The standard InChI is InChI=1S/C18H16BrNO2/c1-3-12-4-6-14-9-15(17(11-21)20(14)10-12)16-8-13(19)5-7-18(16)22-2/h4-11H,3H2,1-2H3. The van der Waals surface area contributed by atoms with Gasteiger partial charge in [0, 0.05) is 27.3 Å². The van der Waals surface area contributed by atoms with Crippen LogP contribution in [0.25, 0.3) is 16.6 Å².